The minimum atomic E-state index is 0.142. The molecular weight excluding hydrogens is 408 g/mol. The van der Waals surface area contributed by atoms with Gasteiger partial charge >= 0.3 is 0 Å². The molecule has 1 aromatic carbocycles. The van der Waals surface area contributed by atoms with Gasteiger partial charge in [0.1, 0.15) is 18.1 Å². The summed E-state index contributed by atoms with van der Waals surface area (Å²) >= 11 is 0. The molecule has 0 amide bonds. The Kier molecular flexibility index (Phi) is 7.95. The molecule has 2 aliphatic heterocycles. The van der Waals surface area contributed by atoms with E-state index in [1.54, 1.807) is 0 Å². The molecule has 2 atom stereocenters. The molecule has 32 heavy (non-hydrogen) atoms. The quantitative estimate of drug-likeness (QED) is 0.349. The van der Waals surface area contributed by atoms with Crippen molar-refractivity contribution >= 4 is 5.96 Å². The second kappa shape index (κ2) is 11.3. The van der Waals surface area contributed by atoms with E-state index >= 15 is 0 Å². The van der Waals surface area contributed by atoms with Crippen molar-refractivity contribution in [1.29, 1.82) is 0 Å². The highest BCUT2D eigenvalue weighted by Gasteiger charge is 2.22. The summed E-state index contributed by atoms with van der Waals surface area (Å²) in [4.78, 5) is 4.79. The minimum absolute atomic E-state index is 0.142. The standard InChI is InChI=1S/C23H34N6O3/c1-17-27-28-22(29(17)2)15-25-23(24-11-6-12-30-16-18-7-5-13-31-18)26-20-10-14-32-21-9-4-3-8-19(20)21/h3-4,8-9,18,20H,5-7,10-16H2,1-2H3,(H2,24,25,26). The summed E-state index contributed by atoms with van der Waals surface area (Å²) in [6.45, 7) is 6.08. The molecule has 1 fully saturated rings. The van der Waals surface area contributed by atoms with Crippen LogP contribution in [0.3, 0.4) is 0 Å². The molecule has 2 unspecified atom stereocenters. The number of aryl methyl sites for hydroxylation is 1. The van der Waals surface area contributed by atoms with Crippen molar-refractivity contribution < 1.29 is 14.2 Å². The normalized spacial score (nSPS) is 20.6. The fourth-order valence-electron chi connectivity index (χ4n) is 3.92. The number of ether oxygens (including phenoxy) is 3. The molecule has 9 nitrogen and oxygen atoms in total. The van der Waals surface area contributed by atoms with E-state index in [0.29, 0.717) is 26.4 Å². The van der Waals surface area contributed by atoms with Crippen LogP contribution in [0.25, 0.3) is 0 Å². The first kappa shape index (κ1) is 22.5. The van der Waals surface area contributed by atoms with Crippen molar-refractivity contribution in [3.63, 3.8) is 0 Å². The molecule has 2 aromatic rings. The largest absolute Gasteiger partial charge is 0.493 e. The summed E-state index contributed by atoms with van der Waals surface area (Å²) in [5.74, 6) is 3.39. The van der Waals surface area contributed by atoms with E-state index in [1.807, 2.05) is 36.7 Å². The molecule has 1 aromatic heterocycles. The summed E-state index contributed by atoms with van der Waals surface area (Å²) in [7, 11) is 1.96. The van der Waals surface area contributed by atoms with Crippen molar-refractivity contribution in [2.75, 3.05) is 33.0 Å². The Hall–Kier alpha value is -2.65. The van der Waals surface area contributed by atoms with Gasteiger partial charge in [-0.15, -0.1) is 10.2 Å². The number of para-hydroxylation sites is 1. The summed E-state index contributed by atoms with van der Waals surface area (Å²) in [5, 5.41) is 15.4. The third-order valence-corrected chi connectivity index (χ3v) is 5.92. The lowest BCUT2D eigenvalue weighted by Crippen LogP contribution is -2.41. The molecule has 2 N–H and O–H groups in total. The van der Waals surface area contributed by atoms with E-state index in [0.717, 1.165) is 67.8 Å². The van der Waals surface area contributed by atoms with Gasteiger partial charge in [-0.05, 0) is 32.3 Å². The van der Waals surface area contributed by atoms with Gasteiger partial charge in [0.2, 0.25) is 0 Å². The van der Waals surface area contributed by atoms with Gasteiger partial charge in [0.25, 0.3) is 0 Å². The zero-order chi connectivity index (χ0) is 22.2. The smallest absolute Gasteiger partial charge is 0.192 e. The van der Waals surface area contributed by atoms with E-state index in [4.69, 9.17) is 19.2 Å². The van der Waals surface area contributed by atoms with Crippen molar-refractivity contribution in [2.45, 2.75) is 51.3 Å². The predicted molar refractivity (Wildman–Crippen MR) is 122 cm³/mol. The summed E-state index contributed by atoms with van der Waals surface area (Å²) in [6, 6.07) is 8.31. The third kappa shape index (κ3) is 5.98. The highest BCUT2D eigenvalue weighted by atomic mass is 16.5. The third-order valence-electron chi connectivity index (χ3n) is 5.92. The fraction of sp³-hybridized carbons (Fsp3) is 0.609. The number of guanidine groups is 1. The molecule has 1 saturated heterocycles. The number of aromatic nitrogens is 3. The Labute approximate surface area is 189 Å². The number of nitrogens with zero attached hydrogens (tertiary/aromatic N) is 4. The number of benzene rings is 1. The van der Waals surface area contributed by atoms with Gasteiger partial charge in [-0.25, -0.2) is 4.99 Å². The van der Waals surface area contributed by atoms with Crippen LogP contribution in [-0.4, -0.2) is 59.8 Å². The zero-order valence-electron chi connectivity index (χ0n) is 19.0. The zero-order valence-corrected chi connectivity index (χ0v) is 19.0. The number of fused-ring (bicyclic) bond motifs is 1. The lowest BCUT2D eigenvalue weighted by molar-refractivity contribution is 0.0168. The fourth-order valence-corrected chi connectivity index (χ4v) is 3.92. The number of rotatable bonds is 9. The van der Waals surface area contributed by atoms with Crippen LogP contribution in [0.1, 0.15) is 48.9 Å². The maximum absolute atomic E-state index is 5.80. The average Bonchev–Trinajstić information content (AvgIpc) is 3.45. The Morgan fingerprint density at radius 3 is 2.97 bits per heavy atom. The number of hydrogen-bond donors (Lipinski definition) is 2. The van der Waals surface area contributed by atoms with Crippen LogP contribution in [0, 0.1) is 6.92 Å². The molecule has 0 aliphatic carbocycles. The lowest BCUT2D eigenvalue weighted by Gasteiger charge is -2.28. The Morgan fingerprint density at radius 1 is 1.25 bits per heavy atom. The molecule has 0 bridgehead atoms. The van der Waals surface area contributed by atoms with Crippen LogP contribution in [0.2, 0.25) is 0 Å². The van der Waals surface area contributed by atoms with Gasteiger partial charge in [0.15, 0.2) is 11.8 Å². The summed E-state index contributed by atoms with van der Waals surface area (Å²) < 4.78 is 19.1. The van der Waals surface area contributed by atoms with E-state index in [1.165, 1.54) is 0 Å². The predicted octanol–water partition coefficient (Wildman–Crippen LogP) is 2.27. The molecular formula is C23H34N6O3. The van der Waals surface area contributed by atoms with Gasteiger partial charge in [-0.3, -0.25) is 0 Å². The van der Waals surface area contributed by atoms with Crippen LogP contribution in [0.15, 0.2) is 29.3 Å². The van der Waals surface area contributed by atoms with Gasteiger partial charge in [-0.1, -0.05) is 18.2 Å². The first-order valence-electron chi connectivity index (χ1n) is 11.5. The molecule has 4 rings (SSSR count). The van der Waals surface area contributed by atoms with Crippen molar-refractivity contribution in [3.05, 3.63) is 41.5 Å². The van der Waals surface area contributed by atoms with Gasteiger partial charge in [0.05, 0.1) is 25.4 Å². The molecule has 0 spiro atoms. The van der Waals surface area contributed by atoms with E-state index in [-0.39, 0.29) is 12.1 Å². The maximum Gasteiger partial charge on any atom is 0.192 e. The summed E-state index contributed by atoms with van der Waals surface area (Å²) in [6.07, 6.45) is 4.28. The van der Waals surface area contributed by atoms with Gasteiger partial charge in [0, 0.05) is 38.8 Å². The Bertz CT molecular complexity index is 894. The van der Waals surface area contributed by atoms with Crippen LogP contribution < -0.4 is 15.4 Å². The number of hydrogen-bond acceptors (Lipinski definition) is 6. The second-order valence-electron chi connectivity index (χ2n) is 8.25. The topological polar surface area (TPSA) is 94.8 Å². The monoisotopic (exact) mass is 442 g/mol. The van der Waals surface area contributed by atoms with Crippen molar-refractivity contribution in [2.24, 2.45) is 12.0 Å². The molecule has 3 heterocycles. The first-order chi connectivity index (χ1) is 15.7. The van der Waals surface area contributed by atoms with E-state index in [2.05, 4.69) is 26.9 Å². The van der Waals surface area contributed by atoms with Crippen molar-refractivity contribution in [3.8, 4) is 5.75 Å². The van der Waals surface area contributed by atoms with Crippen LogP contribution in [0.5, 0.6) is 5.75 Å². The van der Waals surface area contributed by atoms with Crippen LogP contribution in [-0.2, 0) is 23.1 Å². The SMILES string of the molecule is Cc1nnc(CN=C(NCCCOCC2CCCO2)NC2CCOc3ccccc32)n1C. The van der Waals surface area contributed by atoms with Crippen LogP contribution >= 0.6 is 0 Å². The van der Waals surface area contributed by atoms with E-state index < -0.39 is 0 Å². The van der Waals surface area contributed by atoms with Crippen LogP contribution in [0.4, 0.5) is 0 Å². The maximum atomic E-state index is 5.80. The highest BCUT2D eigenvalue weighted by Crippen LogP contribution is 2.31. The molecule has 9 heteroatoms. The molecule has 0 radical (unpaired) electrons. The van der Waals surface area contributed by atoms with Gasteiger partial charge < -0.3 is 29.4 Å². The lowest BCUT2D eigenvalue weighted by atomic mass is 10.0. The van der Waals surface area contributed by atoms with Crippen molar-refractivity contribution in [1.82, 2.24) is 25.4 Å². The molecule has 174 valence electrons. The molecule has 2 aliphatic rings. The number of nitrogens with one attached hydrogen (secondary N) is 2. The highest BCUT2D eigenvalue weighted by molar-refractivity contribution is 5.80. The first-order valence-corrected chi connectivity index (χ1v) is 11.5. The Morgan fingerprint density at radius 2 is 2.16 bits per heavy atom. The Balaban J connectivity index is 1.33. The average molecular weight is 443 g/mol. The minimum Gasteiger partial charge on any atom is -0.493 e. The second-order valence-corrected chi connectivity index (χ2v) is 8.25. The van der Waals surface area contributed by atoms with Gasteiger partial charge in [-0.2, -0.15) is 0 Å². The number of aliphatic imine (C=N–C) groups is 1. The molecule has 0 saturated carbocycles. The summed E-state index contributed by atoms with van der Waals surface area (Å²) in [5.41, 5.74) is 1.16. The van der Waals surface area contributed by atoms with E-state index in [9.17, 15) is 0 Å².